The van der Waals surface area contributed by atoms with E-state index >= 15 is 0 Å². The molecular weight excluding hydrogens is 248 g/mol. The predicted molar refractivity (Wildman–Crippen MR) is 83.2 cm³/mol. The average molecular weight is 280 g/mol. The Morgan fingerprint density at radius 3 is 2.55 bits per heavy atom. The Labute approximate surface area is 124 Å². The molecule has 0 heterocycles. The summed E-state index contributed by atoms with van der Waals surface area (Å²) in [5.41, 5.74) is 5.99. The molecular formula is C17H32N2O. The second-order valence-corrected chi connectivity index (χ2v) is 7.73. The first kappa shape index (κ1) is 15.8. The van der Waals surface area contributed by atoms with Gasteiger partial charge in [-0.05, 0) is 55.4 Å². The zero-order valence-electron chi connectivity index (χ0n) is 13.5. The van der Waals surface area contributed by atoms with Crippen molar-refractivity contribution in [2.75, 3.05) is 6.54 Å². The Kier molecular flexibility index (Phi) is 5.11. The lowest BCUT2D eigenvalue weighted by molar-refractivity contribution is -0.126. The highest BCUT2D eigenvalue weighted by Crippen LogP contribution is 2.43. The van der Waals surface area contributed by atoms with Gasteiger partial charge in [-0.1, -0.05) is 33.6 Å². The molecule has 3 unspecified atom stereocenters. The zero-order chi connectivity index (χ0) is 14.8. The van der Waals surface area contributed by atoms with Crippen LogP contribution in [0.2, 0.25) is 0 Å². The maximum absolute atomic E-state index is 12.4. The summed E-state index contributed by atoms with van der Waals surface area (Å²) < 4.78 is 0. The first-order valence-corrected chi connectivity index (χ1v) is 8.45. The summed E-state index contributed by atoms with van der Waals surface area (Å²) in [5.74, 6) is 2.27. The fourth-order valence-corrected chi connectivity index (χ4v) is 4.10. The van der Waals surface area contributed by atoms with Crippen molar-refractivity contribution in [2.45, 2.75) is 71.8 Å². The predicted octanol–water partition coefficient (Wildman–Crippen LogP) is 3.08. The molecule has 0 spiro atoms. The smallest absolute Gasteiger partial charge is 0.220 e. The maximum Gasteiger partial charge on any atom is 0.220 e. The van der Waals surface area contributed by atoms with Gasteiger partial charge in [0, 0.05) is 12.5 Å². The Bertz CT molecular complexity index is 330. The molecule has 3 atom stereocenters. The van der Waals surface area contributed by atoms with Crippen molar-refractivity contribution in [3.05, 3.63) is 0 Å². The largest absolute Gasteiger partial charge is 0.353 e. The van der Waals surface area contributed by atoms with Crippen LogP contribution in [0.1, 0.15) is 65.7 Å². The molecule has 0 aromatic rings. The molecule has 0 aromatic heterocycles. The molecule has 2 saturated carbocycles. The van der Waals surface area contributed by atoms with E-state index < -0.39 is 0 Å². The first-order valence-electron chi connectivity index (χ1n) is 8.45. The van der Waals surface area contributed by atoms with Gasteiger partial charge in [-0.25, -0.2) is 0 Å². The van der Waals surface area contributed by atoms with Gasteiger partial charge in [0.05, 0.1) is 0 Å². The molecule has 3 N–H and O–H groups in total. The van der Waals surface area contributed by atoms with Crippen molar-refractivity contribution >= 4 is 5.91 Å². The summed E-state index contributed by atoms with van der Waals surface area (Å²) in [4.78, 5) is 12.4. The highest BCUT2D eigenvalue weighted by atomic mass is 16.1. The molecule has 3 nitrogen and oxygen atoms in total. The Balaban J connectivity index is 1.90. The third-order valence-corrected chi connectivity index (χ3v) is 5.75. The van der Waals surface area contributed by atoms with Crippen LogP contribution >= 0.6 is 0 Å². The molecule has 0 saturated heterocycles. The van der Waals surface area contributed by atoms with Gasteiger partial charge in [-0.15, -0.1) is 0 Å². The third kappa shape index (κ3) is 3.55. The molecule has 2 aliphatic carbocycles. The summed E-state index contributed by atoms with van der Waals surface area (Å²) in [7, 11) is 0. The van der Waals surface area contributed by atoms with E-state index in [4.69, 9.17) is 5.73 Å². The van der Waals surface area contributed by atoms with Crippen LogP contribution in [0.15, 0.2) is 0 Å². The lowest BCUT2D eigenvalue weighted by Crippen LogP contribution is -2.48. The highest BCUT2D eigenvalue weighted by Gasteiger charge is 2.39. The molecule has 2 rings (SSSR count). The second kappa shape index (κ2) is 6.46. The molecule has 3 heteroatoms. The standard InChI is InChI=1S/C17H32N2O/c1-12(2)14-6-5-13(3)9-15(14)19-16(20)10-17(11-18)7-4-8-17/h12-15H,4-11,18H2,1-3H3,(H,19,20). The van der Waals surface area contributed by atoms with Crippen LogP contribution in [-0.2, 0) is 4.79 Å². The highest BCUT2D eigenvalue weighted by molar-refractivity contribution is 5.77. The number of amides is 1. The molecule has 116 valence electrons. The van der Waals surface area contributed by atoms with Crippen molar-refractivity contribution in [3.8, 4) is 0 Å². The summed E-state index contributed by atoms with van der Waals surface area (Å²) in [6, 6.07) is 0.376. The van der Waals surface area contributed by atoms with E-state index in [-0.39, 0.29) is 11.3 Å². The third-order valence-electron chi connectivity index (χ3n) is 5.75. The molecule has 0 bridgehead atoms. The van der Waals surface area contributed by atoms with Gasteiger partial charge in [0.1, 0.15) is 0 Å². The van der Waals surface area contributed by atoms with Crippen LogP contribution < -0.4 is 11.1 Å². The Morgan fingerprint density at radius 1 is 1.35 bits per heavy atom. The molecule has 1 amide bonds. The van der Waals surface area contributed by atoms with Gasteiger partial charge in [-0.3, -0.25) is 4.79 Å². The van der Waals surface area contributed by atoms with E-state index in [1.165, 1.54) is 19.3 Å². The van der Waals surface area contributed by atoms with E-state index in [9.17, 15) is 4.79 Å². The quantitative estimate of drug-likeness (QED) is 0.813. The number of hydrogen-bond acceptors (Lipinski definition) is 2. The summed E-state index contributed by atoms with van der Waals surface area (Å²) in [6.07, 6.45) is 7.84. The fraction of sp³-hybridized carbons (Fsp3) is 0.941. The summed E-state index contributed by atoms with van der Waals surface area (Å²) >= 11 is 0. The minimum absolute atomic E-state index is 0.123. The number of carbonyl (C=O) groups is 1. The van der Waals surface area contributed by atoms with Crippen LogP contribution in [0.3, 0.4) is 0 Å². The van der Waals surface area contributed by atoms with E-state index in [0.717, 1.165) is 25.2 Å². The minimum Gasteiger partial charge on any atom is -0.353 e. The van der Waals surface area contributed by atoms with Crippen molar-refractivity contribution in [2.24, 2.45) is 28.9 Å². The van der Waals surface area contributed by atoms with E-state index in [1.807, 2.05) is 0 Å². The fourth-order valence-electron chi connectivity index (χ4n) is 4.10. The van der Waals surface area contributed by atoms with Crippen LogP contribution in [0.5, 0.6) is 0 Å². The normalized spacial score (nSPS) is 32.8. The van der Waals surface area contributed by atoms with Gasteiger partial charge < -0.3 is 11.1 Å². The molecule has 20 heavy (non-hydrogen) atoms. The number of rotatable bonds is 5. The number of nitrogens with one attached hydrogen (secondary N) is 1. The number of hydrogen-bond donors (Lipinski definition) is 2. The van der Waals surface area contributed by atoms with Gasteiger partial charge in [0.15, 0.2) is 0 Å². The lowest BCUT2D eigenvalue weighted by Gasteiger charge is -2.42. The zero-order valence-corrected chi connectivity index (χ0v) is 13.5. The van der Waals surface area contributed by atoms with E-state index in [1.54, 1.807) is 0 Å². The monoisotopic (exact) mass is 280 g/mol. The summed E-state index contributed by atoms with van der Waals surface area (Å²) in [5, 5.41) is 3.34. The Hall–Kier alpha value is -0.570. The molecule has 0 radical (unpaired) electrons. The van der Waals surface area contributed by atoms with Crippen molar-refractivity contribution in [3.63, 3.8) is 0 Å². The average Bonchev–Trinajstić information content (AvgIpc) is 2.33. The topological polar surface area (TPSA) is 55.1 Å². The van der Waals surface area contributed by atoms with Gasteiger partial charge in [0.2, 0.25) is 5.91 Å². The van der Waals surface area contributed by atoms with Gasteiger partial charge >= 0.3 is 0 Å². The minimum atomic E-state index is 0.123. The molecule has 2 aliphatic rings. The maximum atomic E-state index is 12.4. The van der Waals surface area contributed by atoms with E-state index in [0.29, 0.717) is 30.8 Å². The van der Waals surface area contributed by atoms with Crippen LogP contribution in [0, 0.1) is 23.2 Å². The van der Waals surface area contributed by atoms with Crippen molar-refractivity contribution in [1.29, 1.82) is 0 Å². The molecule has 0 aromatic carbocycles. The molecule has 2 fully saturated rings. The SMILES string of the molecule is CC1CCC(C(C)C)C(NC(=O)CC2(CN)CCC2)C1. The second-order valence-electron chi connectivity index (χ2n) is 7.73. The Morgan fingerprint density at radius 2 is 2.05 bits per heavy atom. The van der Waals surface area contributed by atoms with Crippen LogP contribution in [-0.4, -0.2) is 18.5 Å². The summed E-state index contributed by atoms with van der Waals surface area (Å²) in [6.45, 7) is 7.54. The van der Waals surface area contributed by atoms with E-state index in [2.05, 4.69) is 26.1 Å². The lowest BCUT2D eigenvalue weighted by atomic mass is 9.66. The van der Waals surface area contributed by atoms with Gasteiger partial charge in [-0.2, -0.15) is 0 Å². The number of nitrogens with two attached hydrogens (primary N) is 1. The first-order chi connectivity index (χ1) is 9.46. The van der Waals surface area contributed by atoms with Crippen molar-refractivity contribution in [1.82, 2.24) is 5.32 Å². The molecule has 0 aliphatic heterocycles. The van der Waals surface area contributed by atoms with Crippen LogP contribution in [0.4, 0.5) is 0 Å². The van der Waals surface area contributed by atoms with Gasteiger partial charge in [0.25, 0.3) is 0 Å². The van der Waals surface area contributed by atoms with Crippen molar-refractivity contribution < 1.29 is 4.79 Å². The van der Waals surface area contributed by atoms with Crippen LogP contribution in [0.25, 0.3) is 0 Å². The number of carbonyl (C=O) groups excluding carboxylic acids is 1.